The summed E-state index contributed by atoms with van der Waals surface area (Å²) in [5, 5.41) is 13.9. The van der Waals surface area contributed by atoms with Crippen LogP contribution in [0.2, 0.25) is 5.02 Å². The summed E-state index contributed by atoms with van der Waals surface area (Å²) in [4.78, 5) is 2.44. The fraction of sp³-hybridized carbons (Fsp3) is 0.600. The molecule has 0 bridgehead atoms. The molecule has 1 aromatic carbocycles. The fourth-order valence-corrected chi connectivity index (χ4v) is 3.06. The Kier molecular flexibility index (Phi) is 4.85. The van der Waals surface area contributed by atoms with Crippen LogP contribution in [0.15, 0.2) is 24.3 Å². The highest BCUT2D eigenvalue weighted by Gasteiger charge is 2.35. The van der Waals surface area contributed by atoms with E-state index < -0.39 is 0 Å². The number of hydrogen-bond donors (Lipinski definition) is 2. The van der Waals surface area contributed by atoms with E-state index in [0.717, 1.165) is 31.2 Å². The van der Waals surface area contributed by atoms with Gasteiger partial charge in [0.15, 0.2) is 0 Å². The van der Waals surface area contributed by atoms with Crippen molar-refractivity contribution in [3.63, 3.8) is 0 Å². The van der Waals surface area contributed by atoms with Gasteiger partial charge in [0.05, 0.1) is 0 Å². The van der Waals surface area contributed by atoms with Gasteiger partial charge < -0.3 is 10.4 Å². The lowest BCUT2D eigenvalue weighted by Gasteiger charge is -2.43. The smallest absolute Gasteiger partial charge is 0.0500 e. The zero-order valence-corrected chi connectivity index (χ0v) is 12.5. The molecule has 0 aromatic heterocycles. The second-order valence-electron chi connectivity index (χ2n) is 5.89. The van der Waals surface area contributed by atoms with E-state index in [2.05, 4.69) is 30.1 Å². The van der Waals surface area contributed by atoms with E-state index >= 15 is 0 Å². The van der Waals surface area contributed by atoms with Crippen molar-refractivity contribution >= 4 is 11.6 Å². The molecule has 2 rings (SSSR count). The van der Waals surface area contributed by atoms with Crippen molar-refractivity contribution in [1.82, 2.24) is 10.2 Å². The minimum atomic E-state index is -0.192. The number of benzene rings is 1. The molecule has 0 spiro atoms. The quantitative estimate of drug-likeness (QED) is 0.890. The molecule has 106 valence electrons. The summed E-state index contributed by atoms with van der Waals surface area (Å²) in [5.74, 6) is 0. The maximum Gasteiger partial charge on any atom is 0.0500 e. The van der Waals surface area contributed by atoms with Gasteiger partial charge >= 0.3 is 0 Å². The molecule has 1 atom stereocenters. The Morgan fingerprint density at radius 2 is 2.05 bits per heavy atom. The lowest BCUT2D eigenvalue weighted by molar-refractivity contribution is 0.0305. The summed E-state index contributed by atoms with van der Waals surface area (Å²) in [6.07, 6.45) is 0. The van der Waals surface area contributed by atoms with Gasteiger partial charge in [-0.3, -0.25) is 4.90 Å². The van der Waals surface area contributed by atoms with E-state index in [1.807, 2.05) is 18.2 Å². The third-order valence-electron chi connectivity index (χ3n) is 3.83. The lowest BCUT2D eigenvalue weighted by Crippen LogP contribution is -2.49. The van der Waals surface area contributed by atoms with E-state index in [4.69, 9.17) is 11.6 Å². The van der Waals surface area contributed by atoms with Crippen molar-refractivity contribution in [3.8, 4) is 0 Å². The Hall–Kier alpha value is -0.610. The second kappa shape index (κ2) is 6.23. The predicted molar refractivity (Wildman–Crippen MR) is 79.5 cm³/mol. The Balaban J connectivity index is 2.33. The Bertz CT molecular complexity index is 416. The zero-order valence-electron chi connectivity index (χ0n) is 11.7. The van der Waals surface area contributed by atoms with Gasteiger partial charge in [0.2, 0.25) is 0 Å². The van der Waals surface area contributed by atoms with Gasteiger partial charge in [-0.1, -0.05) is 37.6 Å². The lowest BCUT2D eigenvalue weighted by atomic mass is 9.80. The number of hydrogen-bond acceptors (Lipinski definition) is 3. The van der Waals surface area contributed by atoms with Crippen LogP contribution in [0.25, 0.3) is 0 Å². The van der Waals surface area contributed by atoms with Gasteiger partial charge in [0, 0.05) is 49.3 Å². The molecule has 0 amide bonds. The molecule has 1 aliphatic heterocycles. The molecule has 0 saturated carbocycles. The van der Waals surface area contributed by atoms with Crippen molar-refractivity contribution in [2.24, 2.45) is 5.41 Å². The molecule has 4 heteroatoms. The predicted octanol–water partition coefficient (Wildman–Crippen LogP) is 2.30. The highest BCUT2D eigenvalue weighted by Crippen LogP contribution is 2.38. The molecular weight excluding hydrogens is 260 g/mol. The van der Waals surface area contributed by atoms with Crippen molar-refractivity contribution in [2.45, 2.75) is 19.9 Å². The Morgan fingerprint density at radius 1 is 1.37 bits per heavy atom. The van der Waals surface area contributed by atoms with E-state index in [1.54, 1.807) is 0 Å². The number of aliphatic hydroxyl groups excluding tert-OH is 1. The molecule has 3 nitrogen and oxygen atoms in total. The summed E-state index contributed by atoms with van der Waals surface area (Å²) in [5.41, 5.74) is 0.996. The molecule has 2 N–H and O–H groups in total. The van der Waals surface area contributed by atoms with Gasteiger partial charge in [-0.15, -0.1) is 0 Å². The number of halogens is 1. The van der Waals surface area contributed by atoms with Crippen molar-refractivity contribution in [3.05, 3.63) is 34.9 Å². The third kappa shape index (κ3) is 3.48. The summed E-state index contributed by atoms with van der Waals surface area (Å²) in [6.45, 7) is 8.38. The summed E-state index contributed by atoms with van der Waals surface area (Å²) in [6, 6.07) is 8.20. The van der Waals surface area contributed by atoms with Crippen molar-refractivity contribution < 1.29 is 5.11 Å². The SMILES string of the molecule is CC(C)(CO)[C@@H](c1cccc(Cl)c1)N1CCNCC1. The molecule has 19 heavy (non-hydrogen) atoms. The first-order valence-corrected chi connectivity index (χ1v) is 7.23. The maximum atomic E-state index is 9.75. The van der Waals surface area contributed by atoms with E-state index in [-0.39, 0.29) is 18.1 Å². The van der Waals surface area contributed by atoms with Crippen LogP contribution in [-0.4, -0.2) is 42.8 Å². The highest BCUT2D eigenvalue weighted by molar-refractivity contribution is 6.30. The van der Waals surface area contributed by atoms with Crippen LogP contribution < -0.4 is 5.32 Å². The van der Waals surface area contributed by atoms with Gasteiger partial charge in [-0.2, -0.15) is 0 Å². The highest BCUT2D eigenvalue weighted by atomic mass is 35.5. The standard InChI is InChI=1S/C15H23ClN2O/c1-15(2,11-19)14(18-8-6-17-7-9-18)12-4-3-5-13(16)10-12/h3-5,10,14,17,19H,6-9,11H2,1-2H3/t14-/m1/s1. The average molecular weight is 283 g/mol. The van der Waals surface area contributed by atoms with Gasteiger partial charge in [0.25, 0.3) is 0 Å². The summed E-state index contributed by atoms with van der Waals surface area (Å²) in [7, 11) is 0. The largest absolute Gasteiger partial charge is 0.396 e. The number of nitrogens with zero attached hydrogens (tertiary/aromatic N) is 1. The van der Waals surface area contributed by atoms with Crippen LogP contribution in [0.4, 0.5) is 0 Å². The van der Waals surface area contributed by atoms with Crippen LogP contribution in [-0.2, 0) is 0 Å². The van der Waals surface area contributed by atoms with E-state index in [0.29, 0.717) is 0 Å². The molecule has 0 unspecified atom stereocenters. The Morgan fingerprint density at radius 3 is 2.63 bits per heavy atom. The van der Waals surface area contributed by atoms with Gasteiger partial charge in [-0.05, 0) is 17.7 Å². The second-order valence-corrected chi connectivity index (χ2v) is 6.33. The van der Waals surface area contributed by atoms with Crippen LogP contribution in [0.1, 0.15) is 25.5 Å². The molecule has 1 heterocycles. The van der Waals surface area contributed by atoms with Crippen LogP contribution in [0, 0.1) is 5.41 Å². The Labute approximate surface area is 120 Å². The fourth-order valence-electron chi connectivity index (χ4n) is 2.86. The van der Waals surface area contributed by atoms with Gasteiger partial charge in [-0.25, -0.2) is 0 Å². The van der Waals surface area contributed by atoms with Crippen LogP contribution >= 0.6 is 11.6 Å². The topological polar surface area (TPSA) is 35.5 Å². The van der Waals surface area contributed by atoms with Crippen LogP contribution in [0.3, 0.4) is 0 Å². The minimum absolute atomic E-state index is 0.161. The summed E-state index contributed by atoms with van der Waals surface area (Å²) < 4.78 is 0. The van der Waals surface area contributed by atoms with Gasteiger partial charge in [0.1, 0.15) is 0 Å². The monoisotopic (exact) mass is 282 g/mol. The van der Waals surface area contributed by atoms with E-state index in [1.165, 1.54) is 5.56 Å². The number of aliphatic hydroxyl groups is 1. The molecule has 0 radical (unpaired) electrons. The molecule has 1 saturated heterocycles. The van der Waals surface area contributed by atoms with Crippen LogP contribution in [0.5, 0.6) is 0 Å². The molecule has 1 aliphatic rings. The molecule has 0 aliphatic carbocycles. The average Bonchev–Trinajstić information content (AvgIpc) is 2.40. The maximum absolute atomic E-state index is 9.75. The number of piperazine rings is 1. The first-order chi connectivity index (χ1) is 9.04. The zero-order chi connectivity index (χ0) is 13.9. The normalized spacial score (nSPS) is 19.4. The van der Waals surface area contributed by atoms with Crippen molar-refractivity contribution in [2.75, 3.05) is 32.8 Å². The van der Waals surface area contributed by atoms with E-state index in [9.17, 15) is 5.11 Å². The first-order valence-electron chi connectivity index (χ1n) is 6.86. The molecule has 1 aromatic rings. The minimum Gasteiger partial charge on any atom is -0.396 e. The first kappa shape index (κ1) is 14.8. The number of rotatable bonds is 4. The molecular formula is C15H23ClN2O. The third-order valence-corrected chi connectivity index (χ3v) is 4.06. The molecule has 1 fully saturated rings. The van der Waals surface area contributed by atoms with Crippen molar-refractivity contribution in [1.29, 1.82) is 0 Å². The summed E-state index contributed by atoms with van der Waals surface area (Å²) >= 11 is 6.13. The number of nitrogens with one attached hydrogen (secondary N) is 1.